The number of anilines is 1. The first-order valence-corrected chi connectivity index (χ1v) is 8.84. The molecule has 10 heteroatoms. The van der Waals surface area contributed by atoms with Crippen LogP contribution in [0, 0.1) is 10.1 Å². The van der Waals surface area contributed by atoms with Crippen LogP contribution in [0.25, 0.3) is 0 Å². The minimum Gasteiger partial charge on any atom is -0.493 e. The van der Waals surface area contributed by atoms with E-state index in [-0.39, 0.29) is 22.5 Å². The number of nitrogens with zero attached hydrogens (tertiary/aromatic N) is 1. The van der Waals surface area contributed by atoms with Crippen molar-refractivity contribution in [2.45, 2.75) is 0 Å². The number of Topliss-reactive ketones (excluding diaryl/α,β-unsaturated/α-hetero) is 1. The Labute approximate surface area is 172 Å². The number of methoxy groups -OCH3 is 3. The normalized spacial score (nSPS) is 10.2. The number of carbonyl (C=O) groups excluding carboxylic acids is 2. The van der Waals surface area contributed by atoms with Crippen LogP contribution in [0.2, 0.25) is 0 Å². The number of carbonyl (C=O) groups is 2. The summed E-state index contributed by atoms with van der Waals surface area (Å²) in [6.45, 7) is 0.191. The van der Waals surface area contributed by atoms with Gasteiger partial charge >= 0.3 is 5.97 Å². The number of hydrogen-bond donors (Lipinski definition) is 1. The van der Waals surface area contributed by atoms with Crippen LogP contribution in [0.5, 0.6) is 11.5 Å². The topological polar surface area (TPSA) is 126 Å². The number of esters is 1. The molecule has 160 valence electrons. The summed E-state index contributed by atoms with van der Waals surface area (Å²) in [4.78, 5) is 35.3. The standard InChI is InChI=1S/C20H22N2O8/c1-27-9-8-21-15-6-4-14(10-16(15)22(25)26)20(24)30-12-17(23)13-5-7-18(28-2)19(11-13)29-3/h4-7,10-11,21H,8-9,12H2,1-3H3. The van der Waals surface area contributed by atoms with Crippen molar-refractivity contribution in [2.75, 3.05) is 46.4 Å². The second-order valence-electron chi connectivity index (χ2n) is 5.98. The van der Waals surface area contributed by atoms with E-state index in [9.17, 15) is 19.7 Å². The molecule has 0 radical (unpaired) electrons. The first-order valence-electron chi connectivity index (χ1n) is 8.84. The zero-order valence-corrected chi connectivity index (χ0v) is 16.8. The fourth-order valence-electron chi connectivity index (χ4n) is 2.55. The van der Waals surface area contributed by atoms with Gasteiger partial charge in [0.1, 0.15) is 5.69 Å². The van der Waals surface area contributed by atoms with Gasteiger partial charge in [-0.25, -0.2) is 4.79 Å². The van der Waals surface area contributed by atoms with Crippen molar-refractivity contribution < 1.29 is 33.5 Å². The highest BCUT2D eigenvalue weighted by Gasteiger charge is 2.19. The third kappa shape index (κ3) is 5.67. The monoisotopic (exact) mass is 418 g/mol. The third-order valence-electron chi connectivity index (χ3n) is 4.09. The fourth-order valence-corrected chi connectivity index (χ4v) is 2.55. The summed E-state index contributed by atoms with van der Waals surface area (Å²) in [6, 6.07) is 8.43. The summed E-state index contributed by atoms with van der Waals surface area (Å²) in [5, 5.41) is 14.2. The molecule has 2 rings (SSSR count). The number of benzene rings is 2. The minimum absolute atomic E-state index is 0.0425. The van der Waals surface area contributed by atoms with E-state index >= 15 is 0 Å². The number of rotatable bonds is 11. The van der Waals surface area contributed by atoms with Gasteiger partial charge in [0.2, 0.25) is 0 Å². The molecule has 0 saturated heterocycles. The van der Waals surface area contributed by atoms with Crippen LogP contribution in [-0.4, -0.2) is 57.8 Å². The van der Waals surface area contributed by atoms with Crippen LogP contribution in [0.4, 0.5) is 11.4 Å². The van der Waals surface area contributed by atoms with Gasteiger partial charge < -0.3 is 24.3 Å². The van der Waals surface area contributed by atoms with Crippen LogP contribution >= 0.6 is 0 Å². The van der Waals surface area contributed by atoms with Crippen LogP contribution in [0.3, 0.4) is 0 Å². The molecular weight excluding hydrogens is 396 g/mol. The van der Waals surface area contributed by atoms with Crippen molar-refractivity contribution in [2.24, 2.45) is 0 Å². The lowest BCUT2D eigenvalue weighted by atomic mass is 10.1. The van der Waals surface area contributed by atoms with Gasteiger partial charge in [-0.2, -0.15) is 0 Å². The molecule has 2 aromatic rings. The Kier molecular flexibility index (Phi) is 8.12. The maximum absolute atomic E-state index is 12.3. The first kappa shape index (κ1) is 22.6. The number of hydrogen-bond acceptors (Lipinski definition) is 9. The summed E-state index contributed by atoms with van der Waals surface area (Å²) in [6.07, 6.45) is 0. The molecule has 2 aromatic carbocycles. The Morgan fingerprint density at radius 2 is 1.70 bits per heavy atom. The average molecular weight is 418 g/mol. The van der Waals surface area contributed by atoms with Crippen molar-refractivity contribution in [1.82, 2.24) is 0 Å². The molecule has 0 aliphatic rings. The lowest BCUT2D eigenvalue weighted by Crippen LogP contribution is -2.15. The highest BCUT2D eigenvalue weighted by molar-refractivity contribution is 6.00. The van der Waals surface area contributed by atoms with E-state index in [1.807, 2.05) is 0 Å². The number of nitro benzene ring substituents is 1. The Morgan fingerprint density at radius 3 is 2.33 bits per heavy atom. The molecule has 0 aromatic heterocycles. The Morgan fingerprint density at radius 1 is 1.00 bits per heavy atom. The molecule has 0 atom stereocenters. The highest BCUT2D eigenvalue weighted by atomic mass is 16.6. The summed E-state index contributed by atoms with van der Waals surface area (Å²) in [7, 11) is 4.42. The van der Waals surface area contributed by atoms with Gasteiger partial charge in [0.15, 0.2) is 23.9 Å². The van der Waals surface area contributed by atoms with Crippen molar-refractivity contribution in [1.29, 1.82) is 0 Å². The van der Waals surface area contributed by atoms with E-state index < -0.39 is 23.3 Å². The van der Waals surface area contributed by atoms with Gasteiger partial charge in [-0.15, -0.1) is 0 Å². The molecule has 0 amide bonds. The van der Waals surface area contributed by atoms with Crippen molar-refractivity contribution in [3.05, 3.63) is 57.6 Å². The quantitative estimate of drug-likeness (QED) is 0.193. The molecule has 30 heavy (non-hydrogen) atoms. The van der Waals surface area contributed by atoms with E-state index in [0.717, 1.165) is 6.07 Å². The smallest absolute Gasteiger partial charge is 0.338 e. The van der Waals surface area contributed by atoms with Gasteiger partial charge in [-0.1, -0.05) is 0 Å². The summed E-state index contributed by atoms with van der Waals surface area (Å²) >= 11 is 0. The molecule has 0 spiro atoms. The average Bonchev–Trinajstić information content (AvgIpc) is 2.76. The number of nitro groups is 1. The lowest BCUT2D eigenvalue weighted by Gasteiger charge is -2.10. The summed E-state index contributed by atoms with van der Waals surface area (Å²) in [5.74, 6) is -0.494. The van der Waals surface area contributed by atoms with Crippen LogP contribution < -0.4 is 14.8 Å². The predicted octanol–water partition coefficient (Wildman–Crippen LogP) is 2.71. The van der Waals surface area contributed by atoms with Gasteiger partial charge in [0.25, 0.3) is 5.69 Å². The van der Waals surface area contributed by atoms with Crippen molar-refractivity contribution >= 4 is 23.1 Å². The highest BCUT2D eigenvalue weighted by Crippen LogP contribution is 2.28. The van der Waals surface area contributed by atoms with E-state index in [4.69, 9.17) is 18.9 Å². The van der Waals surface area contributed by atoms with Crippen LogP contribution in [0.15, 0.2) is 36.4 Å². The van der Waals surface area contributed by atoms with Crippen molar-refractivity contribution in [3.63, 3.8) is 0 Å². The lowest BCUT2D eigenvalue weighted by molar-refractivity contribution is -0.384. The second-order valence-corrected chi connectivity index (χ2v) is 5.98. The zero-order valence-electron chi connectivity index (χ0n) is 16.8. The molecule has 0 heterocycles. The molecule has 1 N–H and O–H groups in total. The Hall–Kier alpha value is -3.66. The van der Waals surface area contributed by atoms with E-state index in [2.05, 4.69) is 5.32 Å². The molecular formula is C20H22N2O8. The van der Waals surface area contributed by atoms with E-state index in [1.165, 1.54) is 45.6 Å². The van der Waals surface area contributed by atoms with Gasteiger partial charge in [-0.05, 0) is 30.3 Å². The van der Waals surface area contributed by atoms with E-state index in [1.54, 1.807) is 6.07 Å². The molecule has 0 bridgehead atoms. The Bertz CT molecular complexity index is 929. The third-order valence-corrected chi connectivity index (χ3v) is 4.09. The van der Waals surface area contributed by atoms with Crippen LogP contribution in [0.1, 0.15) is 20.7 Å². The van der Waals surface area contributed by atoms with Crippen LogP contribution in [-0.2, 0) is 9.47 Å². The number of ether oxygens (including phenoxy) is 4. The van der Waals surface area contributed by atoms with E-state index in [0.29, 0.717) is 24.7 Å². The molecule has 0 aliphatic heterocycles. The largest absolute Gasteiger partial charge is 0.493 e. The molecule has 0 fully saturated rings. The Balaban J connectivity index is 2.07. The SMILES string of the molecule is COCCNc1ccc(C(=O)OCC(=O)c2ccc(OC)c(OC)c2)cc1[N+](=O)[O-]. The van der Waals surface area contributed by atoms with Crippen molar-refractivity contribution in [3.8, 4) is 11.5 Å². The molecule has 0 unspecified atom stereocenters. The van der Waals surface area contributed by atoms with Gasteiger partial charge in [0.05, 0.1) is 31.3 Å². The maximum atomic E-state index is 12.3. The number of nitrogens with one attached hydrogen (secondary N) is 1. The first-order chi connectivity index (χ1) is 14.4. The number of ketones is 1. The summed E-state index contributed by atoms with van der Waals surface area (Å²) in [5.41, 5.74) is 0.185. The minimum atomic E-state index is -0.852. The fraction of sp³-hybridized carbons (Fsp3) is 0.300. The molecule has 0 saturated carbocycles. The van der Waals surface area contributed by atoms with Gasteiger partial charge in [-0.3, -0.25) is 14.9 Å². The summed E-state index contributed by atoms with van der Waals surface area (Å²) < 4.78 is 20.2. The molecule has 0 aliphatic carbocycles. The predicted molar refractivity (Wildman–Crippen MR) is 108 cm³/mol. The van der Waals surface area contributed by atoms with Gasteiger partial charge in [0, 0.05) is 25.3 Å². The zero-order chi connectivity index (χ0) is 22.1. The second kappa shape index (κ2) is 10.8. The maximum Gasteiger partial charge on any atom is 0.338 e. The molecule has 10 nitrogen and oxygen atoms in total.